The van der Waals surface area contributed by atoms with Gasteiger partial charge in [-0.2, -0.15) is 0 Å². The molecule has 2 heterocycles. The van der Waals surface area contributed by atoms with Crippen LogP contribution in [-0.4, -0.2) is 56.7 Å². The molecule has 1 aromatic heterocycles. The van der Waals surface area contributed by atoms with E-state index in [2.05, 4.69) is 39.2 Å². The first-order valence-electron chi connectivity index (χ1n) is 10.5. The summed E-state index contributed by atoms with van der Waals surface area (Å²) in [5, 5.41) is 3.37. The van der Waals surface area contributed by atoms with Gasteiger partial charge in [0.05, 0.1) is 20.8 Å². The number of nitrogens with zero attached hydrogens (tertiary/aromatic N) is 4. The quantitative estimate of drug-likeness (QED) is 0.312. The molecule has 1 saturated heterocycles. The van der Waals surface area contributed by atoms with E-state index in [0.717, 1.165) is 54.0 Å². The lowest BCUT2D eigenvalue weighted by atomic mass is 10.2. The largest absolute Gasteiger partial charge is 0.497 e. The van der Waals surface area contributed by atoms with Gasteiger partial charge in [-0.05, 0) is 43.5 Å². The van der Waals surface area contributed by atoms with Crippen LogP contribution < -0.4 is 19.7 Å². The lowest BCUT2D eigenvalue weighted by molar-refractivity contribution is 0.382. The van der Waals surface area contributed by atoms with Gasteiger partial charge in [-0.25, -0.2) is 9.98 Å². The average molecular weight is 539 g/mol. The maximum absolute atomic E-state index is 5.53. The van der Waals surface area contributed by atoms with Crippen LogP contribution in [0.5, 0.6) is 11.5 Å². The zero-order valence-electron chi connectivity index (χ0n) is 18.9. The third-order valence-electron chi connectivity index (χ3n) is 5.25. The molecule has 0 saturated carbocycles. The van der Waals surface area contributed by atoms with Crippen LogP contribution in [0.3, 0.4) is 0 Å². The van der Waals surface area contributed by atoms with Gasteiger partial charge in [0.1, 0.15) is 17.3 Å². The van der Waals surface area contributed by atoms with Crippen LogP contribution in [0.4, 0.5) is 5.82 Å². The van der Waals surface area contributed by atoms with Gasteiger partial charge < -0.3 is 24.6 Å². The summed E-state index contributed by atoms with van der Waals surface area (Å²) in [5.41, 5.74) is 2.17. The molecule has 0 radical (unpaired) electrons. The number of nitrogens with one attached hydrogen (secondary N) is 1. The number of anilines is 1. The van der Waals surface area contributed by atoms with Crippen LogP contribution in [0.15, 0.2) is 41.5 Å². The second-order valence-electron chi connectivity index (χ2n) is 7.42. The Balaban J connectivity index is 0.00000341. The Hall–Kier alpha value is -2.23. The number of benzene rings is 1. The molecule has 1 fully saturated rings. The Kier molecular flexibility index (Phi) is 10.2. The van der Waals surface area contributed by atoms with E-state index >= 15 is 0 Å². The van der Waals surface area contributed by atoms with Gasteiger partial charge in [0.25, 0.3) is 0 Å². The van der Waals surface area contributed by atoms with Crippen molar-refractivity contribution in [2.75, 3.05) is 45.8 Å². The van der Waals surface area contributed by atoms with Gasteiger partial charge in [-0.15, -0.1) is 24.0 Å². The van der Waals surface area contributed by atoms with Crippen molar-refractivity contribution in [2.45, 2.75) is 32.9 Å². The summed E-state index contributed by atoms with van der Waals surface area (Å²) in [4.78, 5) is 13.9. The second kappa shape index (κ2) is 12.6. The SMILES string of the molecule is CCNC(=NCc1ccc(N2CCCC2)nc1)N(C)Cc1ccc(OC)cc1OC.I. The summed E-state index contributed by atoms with van der Waals surface area (Å²) < 4.78 is 10.8. The molecule has 170 valence electrons. The zero-order chi connectivity index (χ0) is 21.3. The smallest absolute Gasteiger partial charge is 0.194 e. The fourth-order valence-corrected chi connectivity index (χ4v) is 3.59. The van der Waals surface area contributed by atoms with Gasteiger partial charge in [0.2, 0.25) is 0 Å². The molecule has 1 aliphatic heterocycles. The number of hydrogen-bond acceptors (Lipinski definition) is 5. The van der Waals surface area contributed by atoms with E-state index in [9.17, 15) is 0 Å². The fraction of sp³-hybridized carbons (Fsp3) is 0.478. The maximum Gasteiger partial charge on any atom is 0.194 e. The summed E-state index contributed by atoms with van der Waals surface area (Å²) >= 11 is 0. The molecule has 1 aromatic carbocycles. The average Bonchev–Trinajstić information content (AvgIpc) is 3.32. The first-order valence-corrected chi connectivity index (χ1v) is 10.5. The summed E-state index contributed by atoms with van der Waals surface area (Å²) in [7, 11) is 5.36. The highest BCUT2D eigenvalue weighted by Crippen LogP contribution is 2.25. The van der Waals surface area contributed by atoms with Crippen molar-refractivity contribution in [3.05, 3.63) is 47.7 Å². The molecular formula is C23H34IN5O2. The predicted octanol–water partition coefficient (Wildman–Crippen LogP) is 3.91. The summed E-state index contributed by atoms with van der Waals surface area (Å²) in [5.74, 6) is 3.50. The van der Waals surface area contributed by atoms with Crippen molar-refractivity contribution in [2.24, 2.45) is 4.99 Å². The number of ether oxygens (including phenoxy) is 2. The number of aromatic nitrogens is 1. The number of pyridine rings is 1. The lowest BCUT2D eigenvalue weighted by Crippen LogP contribution is -2.38. The molecule has 0 bridgehead atoms. The van der Waals surface area contributed by atoms with Crippen LogP contribution >= 0.6 is 24.0 Å². The Morgan fingerprint density at radius 1 is 1.16 bits per heavy atom. The van der Waals surface area contributed by atoms with E-state index in [1.54, 1.807) is 14.2 Å². The third kappa shape index (κ3) is 6.88. The molecule has 3 rings (SSSR count). The summed E-state index contributed by atoms with van der Waals surface area (Å²) in [6, 6.07) is 10.1. The van der Waals surface area contributed by atoms with Gasteiger partial charge in [-0.3, -0.25) is 0 Å². The predicted molar refractivity (Wildman–Crippen MR) is 137 cm³/mol. The topological polar surface area (TPSA) is 62.2 Å². The molecule has 7 nitrogen and oxygen atoms in total. The summed E-state index contributed by atoms with van der Waals surface area (Å²) in [6.45, 7) is 6.34. The minimum absolute atomic E-state index is 0. The van der Waals surface area contributed by atoms with E-state index in [-0.39, 0.29) is 24.0 Å². The molecule has 0 spiro atoms. The second-order valence-corrected chi connectivity index (χ2v) is 7.42. The third-order valence-corrected chi connectivity index (χ3v) is 5.25. The van der Waals surface area contributed by atoms with Gasteiger partial charge in [0, 0.05) is 51.1 Å². The number of rotatable bonds is 8. The normalized spacial score (nSPS) is 13.5. The standard InChI is InChI=1S/C23H33N5O2.HI/c1-5-24-23(27(2)17-19-9-10-20(29-3)14-21(19)30-4)26-16-18-8-11-22(25-15-18)28-12-6-7-13-28;/h8-11,14-15H,5-7,12-13,16-17H2,1-4H3,(H,24,26);1H. The van der Waals surface area contributed by atoms with Crippen LogP contribution in [0.2, 0.25) is 0 Å². The molecular weight excluding hydrogens is 505 g/mol. The van der Waals surface area contributed by atoms with E-state index < -0.39 is 0 Å². The van der Waals surface area contributed by atoms with E-state index in [0.29, 0.717) is 13.1 Å². The monoisotopic (exact) mass is 539 g/mol. The number of methoxy groups -OCH3 is 2. The molecule has 0 amide bonds. The van der Waals surface area contributed by atoms with Crippen molar-refractivity contribution in [1.82, 2.24) is 15.2 Å². The van der Waals surface area contributed by atoms with Crippen LogP contribution in [-0.2, 0) is 13.1 Å². The van der Waals surface area contributed by atoms with Crippen LogP contribution in [0.25, 0.3) is 0 Å². The minimum Gasteiger partial charge on any atom is -0.497 e. The number of aliphatic imine (C=N–C) groups is 1. The molecule has 31 heavy (non-hydrogen) atoms. The fourth-order valence-electron chi connectivity index (χ4n) is 3.59. The molecule has 1 N–H and O–H groups in total. The van der Waals surface area contributed by atoms with Crippen molar-refractivity contribution in [3.63, 3.8) is 0 Å². The minimum atomic E-state index is 0. The van der Waals surface area contributed by atoms with Crippen molar-refractivity contribution >= 4 is 35.8 Å². The zero-order valence-corrected chi connectivity index (χ0v) is 21.3. The molecule has 0 atom stereocenters. The number of halogens is 1. The maximum atomic E-state index is 5.53. The molecule has 0 unspecified atom stereocenters. The van der Waals surface area contributed by atoms with Gasteiger partial charge >= 0.3 is 0 Å². The highest BCUT2D eigenvalue weighted by atomic mass is 127. The molecule has 2 aromatic rings. The lowest BCUT2D eigenvalue weighted by Gasteiger charge is -2.23. The first-order chi connectivity index (χ1) is 14.6. The Morgan fingerprint density at radius 2 is 1.94 bits per heavy atom. The Labute approximate surface area is 202 Å². The van der Waals surface area contributed by atoms with Gasteiger partial charge in [0.15, 0.2) is 5.96 Å². The van der Waals surface area contributed by atoms with Crippen molar-refractivity contribution < 1.29 is 9.47 Å². The Bertz CT molecular complexity index is 838. The summed E-state index contributed by atoms with van der Waals surface area (Å²) in [6.07, 6.45) is 4.45. The van der Waals surface area contributed by atoms with Crippen LogP contribution in [0.1, 0.15) is 30.9 Å². The number of hydrogen-bond donors (Lipinski definition) is 1. The number of guanidine groups is 1. The van der Waals surface area contributed by atoms with Crippen molar-refractivity contribution in [1.29, 1.82) is 0 Å². The molecule has 1 aliphatic rings. The highest BCUT2D eigenvalue weighted by Gasteiger charge is 2.14. The van der Waals surface area contributed by atoms with E-state index in [1.165, 1.54) is 12.8 Å². The first kappa shape index (κ1) is 25.0. The van der Waals surface area contributed by atoms with E-state index in [1.807, 2.05) is 31.4 Å². The van der Waals surface area contributed by atoms with E-state index in [4.69, 9.17) is 14.5 Å². The highest BCUT2D eigenvalue weighted by molar-refractivity contribution is 14.0. The Morgan fingerprint density at radius 3 is 2.55 bits per heavy atom. The van der Waals surface area contributed by atoms with Crippen LogP contribution in [0, 0.1) is 0 Å². The molecule has 8 heteroatoms. The molecule has 0 aliphatic carbocycles. The van der Waals surface area contributed by atoms with Gasteiger partial charge in [-0.1, -0.05) is 6.07 Å². The van der Waals surface area contributed by atoms with Crippen molar-refractivity contribution in [3.8, 4) is 11.5 Å².